The van der Waals surface area contributed by atoms with Gasteiger partial charge in [0, 0.05) is 0 Å². The molecule has 1 atom stereocenters. The third kappa shape index (κ3) is 7.12. The summed E-state index contributed by atoms with van der Waals surface area (Å²) in [5.41, 5.74) is 4.84. The predicted molar refractivity (Wildman–Crippen MR) is 43.0 cm³/mol. The van der Waals surface area contributed by atoms with E-state index in [2.05, 4.69) is 0 Å². The number of likely N-dealkylation sites (N-methyl/N-ethyl adjacent to an activating group) is 1. The van der Waals surface area contributed by atoms with Crippen LogP contribution in [0.4, 0.5) is 4.79 Å². The summed E-state index contributed by atoms with van der Waals surface area (Å²) in [6, 6.07) is 0. The van der Waals surface area contributed by atoms with Crippen LogP contribution in [0.5, 0.6) is 0 Å². The molecule has 4 heteroatoms. The van der Waals surface area contributed by atoms with Crippen molar-refractivity contribution >= 4 is 6.09 Å². The molecule has 0 aliphatic carbocycles. The van der Waals surface area contributed by atoms with E-state index in [1.54, 1.807) is 0 Å². The Kier molecular flexibility index (Phi) is 3.32. The third-order valence-corrected chi connectivity index (χ3v) is 1.12. The number of primary amides is 1. The van der Waals surface area contributed by atoms with Gasteiger partial charge < -0.3 is 15.0 Å². The summed E-state index contributed by atoms with van der Waals surface area (Å²) < 4.78 is 5.51. The van der Waals surface area contributed by atoms with Crippen molar-refractivity contribution < 1.29 is 14.0 Å². The summed E-state index contributed by atoms with van der Waals surface area (Å²) in [5, 5.41) is 0. The average molecular weight is 161 g/mol. The van der Waals surface area contributed by atoms with Gasteiger partial charge in [0.15, 0.2) is 0 Å². The Balaban J connectivity index is 3.69. The molecular formula is C7H17N2O2+. The fourth-order valence-corrected chi connectivity index (χ4v) is 1.01. The van der Waals surface area contributed by atoms with Crippen LogP contribution in [0, 0.1) is 0 Å². The number of ether oxygens (including phenoxy) is 1. The molecule has 0 bridgehead atoms. The Bertz CT molecular complexity index is 140. The summed E-state index contributed by atoms with van der Waals surface area (Å²) in [4.78, 5) is 10.3. The standard InChI is InChI=1S/C7H16N2O2/c1-6(11-7(8)10)5-9(2,3)4/h6H,5H2,1-4H3,(H-,8,10)/p+1/t6-/m1/s1. The van der Waals surface area contributed by atoms with Crippen molar-refractivity contribution in [3.8, 4) is 0 Å². The van der Waals surface area contributed by atoms with Crippen LogP contribution in [-0.4, -0.2) is 44.4 Å². The van der Waals surface area contributed by atoms with Crippen LogP contribution in [-0.2, 0) is 4.74 Å². The lowest BCUT2D eigenvalue weighted by molar-refractivity contribution is -0.873. The fourth-order valence-electron chi connectivity index (χ4n) is 1.01. The molecule has 0 aliphatic rings. The lowest BCUT2D eigenvalue weighted by Crippen LogP contribution is -2.42. The minimum absolute atomic E-state index is 0.118. The van der Waals surface area contributed by atoms with Crippen LogP contribution < -0.4 is 5.73 Å². The Morgan fingerprint density at radius 2 is 2.00 bits per heavy atom. The molecule has 1 amide bonds. The molecule has 11 heavy (non-hydrogen) atoms. The first-order valence-electron chi connectivity index (χ1n) is 3.58. The van der Waals surface area contributed by atoms with Gasteiger partial charge in [-0.15, -0.1) is 0 Å². The predicted octanol–water partition coefficient (Wildman–Crippen LogP) is 0.176. The molecule has 0 heterocycles. The van der Waals surface area contributed by atoms with Crippen molar-refractivity contribution in [2.75, 3.05) is 27.7 Å². The number of quaternary nitrogens is 1. The van der Waals surface area contributed by atoms with Crippen LogP contribution in [0.3, 0.4) is 0 Å². The maximum absolute atomic E-state index is 10.3. The fraction of sp³-hybridized carbons (Fsp3) is 0.857. The first-order valence-corrected chi connectivity index (χ1v) is 3.58. The summed E-state index contributed by atoms with van der Waals surface area (Å²) >= 11 is 0. The maximum atomic E-state index is 10.3. The molecule has 0 spiro atoms. The number of nitrogens with zero attached hydrogens (tertiary/aromatic N) is 1. The highest BCUT2D eigenvalue weighted by atomic mass is 16.6. The minimum Gasteiger partial charge on any atom is -0.441 e. The molecule has 0 aliphatic heterocycles. The molecule has 4 nitrogen and oxygen atoms in total. The van der Waals surface area contributed by atoms with Crippen molar-refractivity contribution in [3.63, 3.8) is 0 Å². The van der Waals surface area contributed by atoms with E-state index in [0.29, 0.717) is 0 Å². The van der Waals surface area contributed by atoms with E-state index in [-0.39, 0.29) is 6.10 Å². The lowest BCUT2D eigenvalue weighted by Gasteiger charge is -2.26. The van der Waals surface area contributed by atoms with Gasteiger partial charge in [0.2, 0.25) is 0 Å². The molecule has 2 N–H and O–H groups in total. The van der Waals surface area contributed by atoms with Crippen LogP contribution in [0.1, 0.15) is 6.92 Å². The van der Waals surface area contributed by atoms with Crippen LogP contribution in [0.15, 0.2) is 0 Å². The van der Waals surface area contributed by atoms with Gasteiger partial charge in [0.1, 0.15) is 12.6 Å². The number of rotatable bonds is 3. The van der Waals surface area contributed by atoms with Gasteiger partial charge in [-0.05, 0) is 6.92 Å². The van der Waals surface area contributed by atoms with Gasteiger partial charge >= 0.3 is 6.09 Å². The van der Waals surface area contributed by atoms with Gasteiger partial charge in [0.05, 0.1) is 21.1 Å². The Morgan fingerprint density at radius 1 is 1.55 bits per heavy atom. The van der Waals surface area contributed by atoms with E-state index in [1.807, 2.05) is 28.1 Å². The smallest absolute Gasteiger partial charge is 0.404 e. The lowest BCUT2D eigenvalue weighted by atomic mass is 10.3. The second-order valence-electron chi connectivity index (χ2n) is 3.72. The van der Waals surface area contributed by atoms with Crippen molar-refractivity contribution in [1.29, 1.82) is 0 Å². The van der Waals surface area contributed by atoms with Crippen molar-refractivity contribution in [3.05, 3.63) is 0 Å². The van der Waals surface area contributed by atoms with E-state index in [1.165, 1.54) is 0 Å². The van der Waals surface area contributed by atoms with Crippen molar-refractivity contribution in [1.82, 2.24) is 0 Å². The molecule has 0 aromatic heterocycles. The molecular weight excluding hydrogens is 144 g/mol. The number of hydrogen-bond donors (Lipinski definition) is 1. The average Bonchev–Trinajstić information content (AvgIpc) is 1.53. The molecule has 0 saturated carbocycles. The zero-order valence-electron chi connectivity index (χ0n) is 7.63. The van der Waals surface area contributed by atoms with Crippen LogP contribution in [0.2, 0.25) is 0 Å². The van der Waals surface area contributed by atoms with Gasteiger partial charge in [-0.1, -0.05) is 0 Å². The zero-order valence-corrected chi connectivity index (χ0v) is 7.63. The largest absolute Gasteiger partial charge is 0.441 e. The van der Waals surface area contributed by atoms with Gasteiger partial charge in [-0.3, -0.25) is 0 Å². The molecule has 0 rings (SSSR count). The molecule has 0 aromatic rings. The summed E-state index contributed by atoms with van der Waals surface area (Å²) in [7, 11) is 6.09. The molecule has 0 radical (unpaired) electrons. The quantitative estimate of drug-likeness (QED) is 0.600. The number of hydrogen-bond acceptors (Lipinski definition) is 2. The van der Waals surface area contributed by atoms with Crippen molar-refractivity contribution in [2.45, 2.75) is 13.0 Å². The van der Waals surface area contributed by atoms with E-state index in [0.717, 1.165) is 11.0 Å². The van der Waals surface area contributed by atoms with E-state index in [4.69, 9.17) is 10.5 Å². The SMILES string of the molecule is C[C@H](C[N+](C)(C)C)OC(N)=O. The summed E-state index contributed by atoms with van der Waals surface area (Å²) in [6.07, 6.45) is -0.821. The molecule has 0 unspecified atom stereocenters. The highest BCUT2D eigenvalue weighted by Crippen LogP contribution is 1.97. The normalized spacial score (nSPS) is 14.2. The monoisotopic (exact) mass is 161 g/mol. The Hall–Kier alpha value is -0.770. The third-order valence-electron chi connectivity index (χ3n) is 1.12. The van der Waals surface area contributed by atoms with Gasteiger partial charge in [-0.25, -0.2) is 4.79 Å². The molecule has 0 saturated heterocycles. The molecule has 0 aromatic carbocycles. The molecule has 0 fully saturated rings. The molecule has 66 valence electrons. The summed E-state index contributed by atoms with van der Waals surface area (Å²) in [5.74, 6) is 0. The number of nitrogens with two attached hydrogens (primary N) is 1. The topological polar surface area (TPSA) is 52.3 Å². The van der Waals surface area contributed by atoms with E-state index >= 15 is 0 Å². The number of carbonyl (C=O) groups is 1. The Morgan fingerprint density at radius 3 is 2.27 bits per heavy atom. The number of amides is 1. The van der Waals surface area contributed by atoms with Gasteiger partial charge in [-0.2, -0.15) is 0 Å². The zero-order chi connectivity index (χ0) is 9.07. The second-order valence-corrected chi connectivity index (χ2v) is 3.72. The first kappa shape index (κ1) is 10.2. The highest BCUT2D eigenvalue weighted by molar-refractivity contribution is 5.64. The number of carbonyl (C=O) groups excluding carboxylic acids is 1. The maximum Gasteiger partial charge on any atom is 0.404 e. The highest BCUT2D eigenvalue weighted by Gasteiger charge is 2.15. The first-order chi connectivity index (χ1) is 4.81. The van der Waals surface area contributed by atoms with Crippen molar-refractivity contribution in [2.24, 2.45) is 5.73 Å². The van der Waals surface area contributed by atoms with E-state index in [9.17, 15) is 4.79 Å². The Labute approximate surface area is 67.5 Å². The van der Waals surface area contributed by atoms with Gasteiger partial charge in [0.25, 0.3) is 0 Å². The summed E-state index contributed by atoms with van der Waals surface area (Å²) in [6.45, 7) is 2.59. The second kappa shape index (κ2) is 3.57. The van der Waals surface area contributed by atoms with Crippen LogP contribution >= 0.6 is 0 Å². The van der Waals surface area contributed by atoms with Crippen LogP contribution in [0.25, 0.3) is 0 Å². The minimum atomic E-state index is -0.703. The van der Waals surface area contributed by atoms with E-state index < -0.39 is 6.09 Å².